The van der Waals surface area contributed by atoms with Crippen LogP contribution in [-0.4, -0.2) is 48.8 Å². The van der Waals surface area contributed by atoms with Gasteiger partial charge in [0, 0.05) is 19.2 Å². The first-order chi connectivity index (χ1) is 9.14. The fraction of sp³-hybridized carbons (Fsp3) is 0.933. The third-order valence-corrected chi connectivity index (χ3v) is 4.78. The third-order valence-electron chi connectivity index (χ3n) is 4.78. The van der Waals surface area contributed by atoms with Crippen LogP contribution in [0.5, 0.6) is 0 Å². The van der Waals surface area contributed by atoms with Crippen molar-refractivity contribution >= 4 is 5.97 Å². The third kappa shape index (κ3) is 3.69. The molecule has 1 N–H and O–H groups in total. The molecule has 4 nitrogen and oxygen atoms in total. The van der Waals surface area contributed by atoms with Crippen molar-refractivity contribution in [3.05, 3.63) is 0 Å². The molecule has 1 saturated carbocycles. The molecule has 1 atom stereocenters. The van der Waals surface area contributed by atoms with E-state index >= 15 is 0 Å². The molecule has 1 saturated heterocycles. The number of hydrogen-bond acceptors (Lipinski definition) is 3. The van der Waals surface area contributed by atoms with Gasteiger partial charge in [-0.25, -0.2) is 0 Å². The van der Waals surface area contributed by atoms with Crippen molar-refractivity contribution in [2.24, 2.45) is 5.41 Å². The van der Waals surface area contributed by atoms with Gasteiger partial charge < -0.3 is 14.7 Å². The molecule has 2 fully saturated rings. The maximum atomic E-state index is 11.7. The fourth-order valence-electron chi connectivity index (χ4n) is 3.52. The molecule has 0 bridgehead atoms. The minimum Gasteiger partial charge on any atom is -0.481 e. The summed E-state index contributed by atoms with van der Waals surface area (Å²) in [6, 6.07) is 0.556. The maximum absolute atomic E-state index is 11.7. The molecule has 0 aromatic carbocycles. The van der Waals surface area contributed by atoms with E-state index in [0.717, 1.165) is 12.8 Å². The molecule has 110 valence electrons. The number of aliphatic carboxylic acids is 1. The number of hydrogen-bond donors (Lipinski definition) is 1. The topological polar surface area (TPSA) is 49.8 Å². The number of carboxylic acid groups (broad SMARTS) is 1. The summed E-state index contributed by atoms with van der Waals surface area (Å²) in [5, 5.41) is 9.58. The molecule has 0 aromatic heterocycles. The minimum atomic E-state index is -0.687. The van der Waals surface area contributed by atoms with Crippen molar-refractivity contribution < 1.29 is 14.6 Å². The van der Waals surface area contributed by atoms with E-state index in [-0.39, 0.29) is 0 Å². The predicted octanol–water partition coefficient (Wildman–Crippen LogP) is 2.52. The second kappa shape index (κ2) is 6.71. The Hall–Kier alpha value is -0.610. The van der Waals surface area contributed by atoms with Crippen LogP contribution in [-0.2, 0) is 9.53 Å². The first-order valence-electron chi connectivity index (χ1n) is 7.65. The van der Waals surface area contributed by atoms with Crippen LogP contribution >= 0.6 is 0 Å². The SMILES string of the molecule is CN(CC1(C(=O)O)CCCOC1)C1CCCCCC1. The molecular weight excluding hydrogens is 242 g/mol. The minimum absolute atomic E-state index is 0.374. The van der Waals surface area contributed by atoms with Crippen LogP contribution in [0.3, 0.4) is 0 Å². The average Bonchev–Trinajstić information content (AvgIpc) is 2.68. The zero-order chi connectivity index (χ0) is 13.7. The highest BCUT2D eigenvalue weighted by molar-refractivity contribution is 5.75. The van der Waals surface area contributed by atoms with E-state index in [2.05, 4.69) is 11.9 Å². The van der Waals surface area contributed by atoms with Gasteiger partial charge in [-0.15, -0.1) is 0 Å². The molecule has 1 heterocycles. The number of nitrogens with zero attached hydrogens (tertiary/aromatic N) is 1. The summed E-state index contributed by atoms with van der Waals surface area (Å²) in [6.45, 7) is 1.72. The summed E-state index contributed by atoms with van der Waals surface area (Å²) in [7, 11) is 2.09. The molecule has 19 heavy (non-hydrogen) atoms. The van der Waals surface area contributed by atoms with Gasteiger partial charge in [0.2, 0.25) is 0 Å². The summed E-state index contributed by atoms with van der Waals surface area (Å²) >= 11 is 0. The summed E-state index contributed by atoms with van der Waals surface area (Å²) in [5.41, 5.74) is -0.681. The van der Waals surface area contributed by atoms with Crippen LogP contribution in [0.2, 0.25) is 0 Å². The highest BCUT2D eigenvalue weighted by Crippen LogP contribution is 2.32. The Bertz CT molecular complexity index is 292. The van der Waals surface area contributed by atoms with Crippen LogP contribution in [0.4, 0.5) is 0 Å². The molecule has 0 spiro atoms. The molecule has 1 aliphatic carbocycles. The largest absolute Gasteiger partial charge is 0.481 e. The second-order valence-corrected chi connectivity index (χ2v) is 6.30. The van der Waals surface area contributed by atoms with Gasteiger partial charge in [-0.3, -0.25) is 4.79 Å². The van der Waals surface area contributed by atoms with Crippen molar-refractivity contribution in [2.75, 3.05) is 26.8 Å². The van der Waals surface area contributed by atoms with Gasteiger partial charge in [-0.05, 0) is 32.7 Å². The second-order valence-electron chi connectivity index (χ2n) is 6.30. The lowest BCUT2D eigenvalue weighted by molar-refractivity contribution is -0.159. The normalized spacial score (nSPS) is 30.2. The van der Waals surface area contributed by atoms with E-state index in [1.165, 1.54) is 38.5 Å². The lowest BCUT2D eigenvalue weighted by Crippen LogP contribution is -2.49. The Kier molecular flexibility index (Phi) is 5.22. The van der Waals surface area contributed by atoms with E-state index < -0.39 is 11.4 Å². The van der Waals surface area contributed by atoms with Gasteiger partial charge in [0.25, 0.3) is 0 Å². The number of carboxylic acids is 1. The highest BCUT2D eigenvalue weighted by atomic mass is 16.5. The van der Waals surface area contributed by atoms with Gasteiger partial charge in [0.05, 0.1) is 6.61 Å². The lowest BCUT2D eigenvalue weighted by atomic mass is 9.81. The number of carbonyl (C=O) groups is 1. The molecule has 0 radical (unpaired) electrons. The molecule has 1 unspecified atom stereocenters. The van der Waals surface area contributed by atoms with E-state index in [1.54, 1.807) is 0 Å². The number of ether oxygens (including phenoxy) is 1. The first kappa shape index (κ1) is 14.8. The molecular formula is C15H27NO3. The Morgan fingerprint density at radius 1 is 1.26 bits per heavy atom. The molecule has 0 amide bonds. The monoisotopic (exact) mass is 269 g/mol. The molecule has 4 heteroatoms. The van der Waals surface area contributed by atoms with Gasteiger partial charge in [0.1, 0.15) is 5.41 Å². The van der Waals surface area contributed by atoms with Crippen molar-refractivity contribution in [1.29, 1.82) is 0 Å². The van der Waals surface area contributed by atoms with Crippen molar-refractivity contribution in [2.45, 2.75) is 57.4 Å². The zero-order valence-corrected chi connectivity index (χ0v) is 12.1. The summed E-state index contributed by atoms with van der Waals surface area (Å²) in [5.74, 6) is -0.687. The Morgan fingerprint density at radius 3 is 2.47 bits per heavy atom. The van der Waals surface area contributed by atoms with Crippen LogP contribution in [0.25, 0.3) is 0 Å². The number of rotatable bonds is 4. The predicted molar refractivity (Wildman–Crippen MR) is 74.2 cm³/mol. The molecule has 1 aliphatic heterocycles. The van der Waals surface area contributed by atoms with Crippen LogP contribution in [0.1, 0.15) is 51.4 Å². The zero-order valence-electron chi connectivity index (χ0n) is 12.1. The van der Waals surface area contributed by atoms with Crippen molar-refractivity contribution in [3.8, 4) is 0 Å². The standard InChI is InChI=1S/C15H27NO3/c1-16(13-7-4-2-3-5-8-13)11-15(14(17)18)9-6-10-19-12-15/h13H,2-12H2,1H3,(H,17,18). The van der Waals surface area contributed by atoms with Crippen LogP contribution in [0, 0.1) is 5.41 Å². The summed E-state index contributed by atoms with van der Waals surface area (Å²) in [6.07, 6.45) is 9.27. The summed E-state index contributed by atoms with van der Waals surface area (Å²) in [4.78, 5) is 13.9. The Balaban J connectivity index is 1.97. The van der Waals surface area contributed by atoms with Crippen LogP contribution in [0.15, 0.2) is 0 Å². The van der Waals surface area contributed by atoms with Gasteiger partial charge in [-0.2, -0.15) is 0 Å². The first-order valence-corrected chi connectivity index (χ1v) is 7.65. The van der Waals surface area contributed by atoms with Gasteiger partial charge >= 0.3 is 5.97 Å². The Morgan fingerprint density at radius 2 is 1.95 bits per heavy atom. The Labute approximate surface area is 116 Å². The van der Waals surface area contributed by atoms with Crippen LogP contribution < -0.4 is 0 Å². The van der Waals surface area contributed by atoms with E-state index in [9.17, 15) is 9.90 Å². The smallest absolute Gasteiger partial charge is 0.313 e. The molecule has 2 aliphatic rings. The quantitative estimate of drug-likeness (QED) is 0.797. The van der Waals surface area contributed by atoms with Gasteiger partial charge in [0.15, 0.2) is 0 Å². The van der Waals surface area contributed by atoms with Crippen molar-refractivity contribution in [3.63, 3.8) is 0 Å². The highest BCUT2D eigenvalue weighted by Gasteiger charge is 2.42. The average molecular weight is 269 g/mol. The van der Waals surface area contributed by atoms with E-state index in [1.807, 2.05) is 0 Å². The van der Waals surface area contributed by atoms with Gasteiger partial charge in [-0.1, -0.05) is 25.7 Å². The van der Waals surface area contributed by atoms with E-state index in [0.29, 0.717) is 25.8 Å². The summed E-state index contributed by atoms with van der Waals surface area (Å²) < 4.78 is 5.45. The molecule has 2 rings (SSSR count). The fourth-order valence-corrected chi connectivity index (χ4v) is 3.52. The van der Waals surface area contributed by atoms with Crippen molar-refractivity contribution in [1.82, 2.24) is 4.90 Å². The van der Waals surface area contributed by atoms with E-state index in [4.69, 9.17) is 4.74 Å². The maximum Gasteiger partial charge on any atom is 0.313 e. The molecule has 0 aromatic rings. The lowest BCUT2D eigenvalue weighted by Gasteiger charge is -2.39.